The molecule has 0 saturated heterocycles. The first-order chi connectivity index (χ1) is 9.40. The van der Waals surface area contributed by atoms with Gasteiger partial charge in [0.2, 0.25) is 0 Å². The van der Waals surface area contributed by atoms with Gasteiger partial charge in [0, 0.05) is 6.61 Å². The predicted molar refractivity (Wildman–Crippen MR) is 84.0 cm³/mol. The Labute approximate surface area is 123 Å². The maximum Gasteiger partial charge on any atom is 0.118 e. The van der Waals surface area contributed by atoms with Crippen molar-refractivity contribution in [2.24, 2.45) is 0 Å². The molecule has 3 nitrogen and oxygen atoms in total. The molecule has 0 aliphatic carbocycles. The molecule has 1 aromatic carbocycles. The van der Waals surface area contributed by atoms with Crippen LogP contribution >= 0.6 is 0 Å². The van der Waals surface area contributed by atoms with Gasteiger partial charge in [-0.1, -0.05) is 44.4 Å². The van der Waals surface area contributed by atoms with Crippen molar-refractivity contribution in [2.45, 2.75) is 64.9 Å². The fraction of sp³-hybridized carbons (Fsp3) is 0.647. The molecule has 0 aliphatic rings. The highest BCUT2D eigenvalue weighted by Gasteiger charge is 2.12. The topological polar surface area (TPSA) is 60.7 Å². The van der Waals surface area contributed by atoms with Crippen LogP contribution in [0.2, 0.25) is 0 Å². The second-order valence-electron chi connectivity index (χ2n) is 5.73. The number of benzene rings is 1. The minimum atomic E-state index is -0.664. The van der Waals surface area contributed by atoms with E-state index in [1.165, 1.54) is 19.3 Å². The summed E-state index contributed by atoms with van der Waals surface area (Å²) in [5, 5.41) is 27.2. The molecule has 0 unspecified atom stereocenters. The number of phenolic OH excluding ortho intramolecular Hbond substituents is 1. The first-order valence-electron chi connectivity index (χ1n) is 7.51. The molecule has 0 radical (unpaired) electrons. The summed E-state index contributed by atoms with van der Waals surface area (Å²) in [7, 11) is 0. The summed E-state index contributed by atoms with van der Waals surface area (Å²) in [4.78, 5) is 0. The van der Waals surface area contributed by atoms with E-state index in [-0.39, 0.29) is 0 Å². The van der Waals surface area contributed by atoms with Crippen LogP contribution in [0.15, 0.2) is 24.3 Å². The average Bonchev–Trinajstić information content (AvgIpc) is 2.38. The summed E-state index contributed by atoms with van der Waals surface area (Å²) in [6.07, 6.45) is 6.04. The third kappa shape index (κ3) is 10.8. The van der Waals surface area contributed by atoms with Crippen LogP contribution in [0.5, 0.6) is 5.75 Å². The van der Waals surface area contributed by atoms with Crippen molar-refractivity contribution in [1.82, 2.24) is 0 Å². The average molecular weight is 282 g/mol. The zero-order valence-electron chi connectivity index (χ0n) is 13.1. The molecule has 1 aromatic rings. The largest absolute Gasteiger partial charge is 0.508 e. The van der Waals surface area contributed by atoms with Crippen LogP contribution in [0.25, 0.3) is 0 Å². The van der Waals surface area contributed by atoms with E-state index in [1.54, 1.807) is 26.0 Å². The third-order valence-corrected chi connectivity index (χ3v) is 3.01. The molecule has 20 heavy (non-hydrogen) atoms. The molecule has 0 heterocycles. The number of para-hydroxylation sites is 1. The fourth-order valence-corrected chi connectivity index (χ4v) is 1.70. The van der Waals surface area contributed by atoms with Gasteiger partial charge in [0.1, 0.15) is 5.75 Å². The quantitative estimate of drug-likeness (QED) is 0.669. The standard InChI is InChI=1S/C11H16O2.C6H14O/c1-11(2,13)8-7-9-5-3-4-6-10(9)12;1-2-3-4-5-6-7/h3-6,12-13H,7-8H2,1-2H3;7H,2-6H2,1H3. The Morgan fingerprint density at radius 3 is 2.20 bits per heavy atom. The van der Waals surface area contributed by atoms with E-state index in [9.17, 15) is 10.2 Å². The maximum absolute atomic E-state index is 9.49. The number of phenols is 1. The van der Waals surface area contributed by atoms with E-state index in [4.69, 9.17) is 5.11 Å². The second-order valence-corrected chi connectivity index (χ2v) is 5.73. The predicted octanol–water partition coefficient (Wildman–Crippen LogP) is 3.65. The van der Waals surface area contributed by atoms with E-state index in [0.717, 1.165) is 12.0 Å². The van der Waals surface area contributed by atoms with Gasteiger partial charge in [-0.25, -0.2) is 0 Å². The fourth-order valence-electron chi connectivity index (χ4n) is 1.70. The molecule has 3 heteroatoms. The van der Waals surface area contributed by atoms with E-state index in [1.807, 2.05) is 12.1 Å². The Kier molecular flexibility index (Phi) is 10.1. The van der Waals surface area contributed by atoms with Crippen molar-refractivity contribution in [1.29, 1.82) is 0 Å². The van der Waals surface area contributed by atoms with Gasteiger partial charge in [-0.15, -0.1) is 0 Å². The number of unbranched alkanes of at least 4 members (excludes halogenated alkanes) is 3. The molecular weight excluding hydrogens is 252 g/mol. The second kappa shape index (κ2) is 10.7. The summed E-state index contributed by atoms with van der Waals surface area (Å²) in [6.45, 7) is 6.07. The molecule has 1 rings (SSSR count). The molecule has 0 aliphatic heterocycles. The first-order valence-corrected chi connectivity index (χ1v) is 7.51. The Morgan fingerprint density at radius 1 is 1.05 bits per heavy atom. The van der Waals surface area contributed by atoms with Crippen LogP contribution in [0.3, 0.4) is 0 Å². The molecule has 0 saturated carbocycles. The number of rotatable bonds is 7. The van der Waals surface area contributed by atoms with Gasteiger partial charge in [0.05, 0.1) is 5.60 Å². The lowest BCUT2D eigenvalue weighted by atomic mass is 9.98. The lowest BCUT2D eigenvalue weighted by Gasteiger charge is -2.16. The van der Waals surface area contributed by atoms with Crippen molar-refractivity contribution in [3.05, 3.63) is 29.8 Å². The number of aryl methyl sites for hydroxylation is 1. The molecule has 0 aromatic heterocycles. The highest BCUT2D eigenvalue weighted by atomic mass is 16.3. The summed E-state index contributed by atoms with van der Waals surface area (Å²) in [5.41, 5.74) is 0.229. The number of hydrogen-bond donors (Lipinski definition) is 3. The SMILES string of the molecule is CC(C)(O)CCc1ccccc1O.CCCCCCO. The molecule has 0 spiro atoms. The van der Waals surface area contributed by atoms with Gasteiger partial charge >= 0.3 is 0 Å². The van der Waals surface area contributed by atoms with Crippen molar-refractivity contribution >= 4 is 0 Å². The highest BCUT2D eigenvalue weighted by molar-refractivity contribution is 5.31. The van der Waals surface area contributed by atoms with Crippen molar-refractivity contribution in [3.8, 4) is 5.75 Å². The molecule has 0 bridgehead atoms. The van der Waals surface area contributed by atoms with Crippen molar-refractivity contribution in [2.75, 3.05) is 6.61 Å². The number of hydrogen-bond acceptors (Lipinski definition) is 3. The van der Waals surface area contributed by atoms with E-state index >= 15 is 0 Å². The first kappa shape index (κ1) is 18.9. The molecule has 0 fully saturated rings. The minimum absolute atomic E-state index is 0.312. The molecule has 0 amide bonds. The molecule has 3 N–H and O–H groups in total. The van der Waals surface area contributed by atoms with Gasteiger partial charge in [-0.3, -0.25) is 0 Å². The highest BCUT2D eigenvalue weighted by Crippen LogP contribution is 2.20. The molecule has 116 valence electrons. The normalized spacial score (nSPS) is 10.8. The monoisotopic (exact) mass is 282 g/mol. The van der Waals surface area contributed by atoms with Crippen LogP contribution in [0, 0.1) is 0 Å². The number of aliphatic hydroxyl groups is 2. The van der Waals surface area contributed by atoms with Crippen molar-refractivity contribution < 1.29 is 15.3 Å². The smallest absolute Gasteiger partial charge is 0.118 e. The maximum atomic E-state index is 9.49. The summed E-state index contributed by atoms with van der Waals surface area (Å²) >= 11 is 0. The van der Waals surface area contributed by atoms with Gasteiger partial charge in [-0.2, -0.15) is 0 Å². The molecular formula is C17H30O3. The van der Waals surface area contributed by atoms with Crippen LogP contribution in [0.4, 0.5) is 0 Å². The van der Waals surface area contributed by atoms with Gasteiger partial charge in [-0.05, 0) is 44.7 Å². The Hall–Kier alpha value is -1.06. The summed E-state index contributed by atoms with van der Waals surface area (Å²) < 4.78 is 0. The van der Waals surface area contributed by atoms with Crippen LogP contribution in [0.1, 0.15) is 58.4 Å². The minimum Gasteiger partial charge on any atom is -0.508 e. The van der Waals surface area contributed by atoms with Crippen molar-refractivity contribution in [3.63, 3.8) is 0 Å². The molecule has 0 atom stereocenters. The zero-order chi connectivity index (χ0) is 15.4. The van der Waals surface area contributed by atoms with Gasteiger partial charge in [0.25, 0.3) is 0 Å². The number of aliphatic hydroxyl groups excluding tert-OH is 1. The van der Waals surface area contributed by atoms with E-state index in [0.29, 0.717) is 25.2 Å². The van der Waals surface area contributed by atoms with Crippen LogP contribution < -0.4 is 0 Å². The Balaban J connectivity index is 0.000000441. The number of aromatic hydroxyl groups is 1. The van der Waals surface area contributed by atoms with Crippen LogP contribution in [-0.4, -0.2) is 27.5 Å². The van der Waals surface area contributed by atoms with E-state index in [2.05, 4.69) is 6.92 Å². The van der Waals surface area contributed by atoms with E-state index < -0.39 is 5.60 Å². The lowest BCUT2D eigenvalue weighted by Crippen LogP contribution is -2.19. The Bertz CT molecular complexity index is 338. The lowest BCUT2D eigenvalue weighted by molar-refractivity contribution is 0.0712. The van der Waals surface area contributed by atoms with Gasteiger partial charge < -0.3 is 15.3 Å². The summed E-state index contributed by atoms with van der Waals surface area (Å²) in [6, 6.07) is 7.23. The van der Waals surface area contributed by atoms with Crippen LogP contribution in [-0.2, 0) is 6.42 Å². The summed E-state index contributed by atoms with van der Waals surface area (Å²) in [5.74, 6) is 0.312. The van der Waals surface area contributed by atoms with Gasteiger partial charge in [0.15, 0.2) is 0 Å². The zero-order valence-corrected chi connectivity index (χ0v) is 13.1. The Morgan fingerprint density at radius 2 is 1.70 bits per heavy atom. The third-order valence-electron chi connectivity index (χ3n) is 3.01.